The summed E-state index contributed by atoms with van der Waals surface area (Å²) >= 11 is 0. The second kappa shape index (κ2) is 5.40. The van der Waals surface area contributed by atoms with Crippen molar-refractivity contribution in [3.63, 3.8) is 0 Å². The van der Waals surface area contributed by atoms with Crippen LogP contribution in [0.5, 0.6) is 0 Å². The van der Waals surface area contributed by atoms with Gasteiger partial charge in [0.2, 0.25) is 0 Å². The van der Waals surface area contributed by atoms with Crippen LogP contribution in [-0.2, 0) is 11.3 Å². The molecule has 0 fully saturated rings. The molecule has 3 aromatic rings. The molecule has 0 unspecified atom stereocenters. The zero-order chi connectivity index (χ0) is 14.8. The largest absolute Gasteiger partial charge is 0.465 e. The van der Waals surface area contributed by atoms with Crippen molar-refractivity contribution in [1.82, 2.24) is 9.78 Å². The number of ether oxygens (including phenoxy) is 1. The van der Waals surface area contributed by atoms with Gasteiger partial charge in [0.15, 0.2) is 0 Å². The number of carbonyl (C=O) groups is 1. The Morgan fingerprint density at radius 3 is 2.67 bits per heavy atom. The SMILES string of the molecule is COC(=O)c1cccc2cnn(Cc3ccc(C)cc3)c12. The molecule has 1 aromatic heterocycles. The minimum atomic E-state index is -0.341. The molecule has 0 saturated heterocycles. The minimum absolute atomic E-state index is 0.341. The van der Waals surface area contributed by atoms with Gasteiger partial charge in [0, 0.05) is 5.39 Å². The van der Waals surface area contributed by atoms with E-state index in [0.717, 1.165) is 16.5 Å². The van der Waals surface area contributed by atoms with Crippen LogP contribution in [0.3, 0.4) is 0 Å². The fourth-order valence-corrected chi connectivity index (χ4v) is 2.40. The molecule has 0 aliphatic rings. The Morgan fingerprint density at radius 1 is 1.19 bits per heavy atom. The Morgan fingerprint density at radius 2 is 1.95 bits per heavy atom. The molecule has 2 aromatic carbocycles. The molecular formula is C17H16N2O2. The highest BCUT2D eigenvalue weighted by Gasteiger charge is 2.14. The van der Waals surface area contributed by atoms with Crippen molar-refractivity contribution in [2.45, 2.75) is 13.5 Å². The summed E-state index contributed by atoms with van der Waals surface area (Å²) in [6.45, 7) is 2.68. The smallest absolute Gasteiger partial charge is 0.340 e. The van der Waals surface area contributed by atoms with Crippen molar-refractivity contribution in [3.8, 4) is 0 Å². The van der Waals surface area contributed by atoms with Crippen LogP contribution >= 0.6 is 0 Å². The Kier molecular flexibility index (Phi) is 3.44. The van der Waals surface area contributed by atoms with E-state index in [1.807, 2.05) is 16.8 Å². The van der Waals surface area contributed by atoms with E-state index in [4.69, 9.17) is 4.74 Å². The number of esters is 1. The molecular weight excluding hydrogens is 264 g/mol. The van der Waals surface area contributed by atoms with E-state index in [2.05, 4.69) is 36.3 Å². The normalized spacial score (nSPS) is 10.8. The average Bonchev–Trinajstić information content (AvgIpc) is 2.92. The predicted octanol–water partition coefficient (Wildman–Crippen LogP) is 3.18. The second-order valence-electron chi connectivity index (χ2n) is 5.02. The zero-order valence-corrected chi connectivity index (χ0v) is 12.0. The number of carbonyl (C=O) groups excluding carboxylic acids is 1. The van der Waals surface area contributed by atoms with Crippen LogP contribution in [0.1, 0.15) is 21.5 Å². The molecule has 4 nitrogen and oxygen atoms in total. The fraction of sp³-hybridized carbons (Fsp3) is 0.176. The number of fused-ring (bicyclic) bond motifs is 1. The average molecular weight is 280 g/mol. The van der Waals surface area contributed by atoms with Crippen LogP contribution < -0.4 is 0 Å². The van der Waals surface area contributed by atoms with E-state index in [9.17, 15) is 4.79 Å². The predicted molar refractivity (Wildman–Crippen MR) is 81.4 cm³/mol. The first-order valence-corrected chi connectivity index (χ1v) is 6.77. The molecule has 106 valence electrons. The number of aryl methyl sites for hydroxylation is 1. The molecule has 4 heteroatoms. The van der Waals surface area contributed by atoms with Crippen molar-refractivity contribution < 1.29 is 9.53 Å². The van der Waals surface area contributed by atoms with E-state index in [1.54, 1.807) is 12.3 Å². The Hall–Kier alpha value is -2.62. The van der Waals surface area contributed by atoms with Gasteiger partial charge in [-0.2, -0.15) is 5.10 Å². The third kappa shape index (κ3) is 2.52. The molecule has 1 heterocycles. The topological polar surface area (TPSA) is 44.1 Å². The van der Waals surface area contributed by atoms with E-state index in [-0.39, 0.29) is 5.97 Å². The lowest BCUT2D eigenvalue weighted by Crippen LogP contribution is -2.07. The molecule has 0 radical (unpaired) electrons. The maximum Gasteiger partial charge on any atom is 0.340 e. The molecule has 0 saturated carbocycles. The van der Waals surface area contributed by atoms with E-state index in [1.165, 1.54) is 12.7 Å². The van der Waals surface area contributed by atoms with Gasteiger partial charge in [-0.3, -0.25) is 4.68 Å². The first-order valence-electron chi connectivity index (χ1n) is 6.77. The summed E-state index contributed by atoms with van der Waals surface area (Å²) in [5.74, 6) is -0.341. The van der Waals surface area contributed by atoms with Gasteiger partial charge in [0.05, 0.1) is 30.9 Å². The Balaban J connectivity index is 2.06. The maximum absolute atomic E-state index is 11.9. The number of para-hydroxylation sites is 1. The molecule has 0 N–H and O–H groups in total. The summed E-state index contributed by atoms with van der Waals surface area (Å²) in [7, 11) is 1.39. The van der Waals surface area contributed by atoms with Crippen LogP contribution in [0.15, 0.2) is 48.7 Å². The summed E-state index contributed by atoms with van der Waals surface area (Å²) in [5.41, 5.74) is 3.72. The van der Waals surface area contributed by atoms with Crippen LogP contribution in [0.4, 0.5) is 0 Å². The van der Waals surface area contributed by atoms with Gasteiger partial charge >= 0.3 is 5.97 Å². The highest BCUT2D eigenvalue weighted by Crippen LogP contribution is 2.20. The quantitative estimate of drug-likeness (QED) is 0.692. The first-order chi connectivity index (χ1) is 10.2. The van der Waals surface area contributed by atoms with Crippen LogP contribution in [0.2, 0.25) is 0 Å². The standard InChI is InChI=1S/C17H16N2O2/c1-12-6-8-13(9-7-12)11-19-16-14(10-18-19)4-3-5-15(16)17(20)21-2/h3-10H,11H2,1-2H3. The van der Waals surface area contributed by atoms with E-state index >= 15 is 0 Å². The summed E-state index contributed by atoms with van der Waals surface area (Å²) in [4.78, 5) is 11.9. The zero-order valence-electron chi connectivity index (χ0n) is 12.0. The molecule has 21 heavy (non-hydrogen) atoms. The minimum Gasteiger partial charge on any atom is -0.465 e. The number of nitrogens with zero attached hydrogens (tertiary/aromatic N) is 2. The Labute approximate surface area is 123 Å². The molecule has 0 bridgehead atoms. The second-order valence-corrected chi connectivity index (χ2v) is 5.02. The van der Waals surface area contributed by atoms with Crippen molar-refractivity contribution in [2.75, 3.05) is 7.11 Å². The first kappa shape index (κ1) is 13.4. The van der Waals surface area contributed by atoms with Crippen molar-refractivity contribution in [3.05, 3.63) is 65.4 Å². The summed E-state index contributed by atoms with van der Waals surface area (Å²) < 4.78 is 6.69. The number of hydrogen-bond acceptors (Lipinski definition) is 3. The summed E-state index contributed by atoms with van der Waals surface area (Å²) in [5, 5.41) is 5.33. The number of benzene rings is 2. The number of methoxy groups -OCH3 is 1. The highest BCUT2D eigenvalue weighted by atomic mass is 16.5. The third-order valence-corrected chi connectivity index (χ3v) is 3.52. The monoisotopic (exact) mass is 280 g/mol. The lowest BCUT2D eigenvalue weighted by molar-refractivity contribution is 0.0602. The van der Waals surface area contributed by atoms with Gasteiger partial charge in [-0.05, 0) is 18.6 Å². The van der Waals surface area contributed by atoms with Gasteiger partial charge in [-0.25, -0.2) is 4.79 Å². The highest BCUT2D eigenvalue weighted by molar-refractivity contribution is 6.02. The van der Waals surface area contributed by atoms with Crippen molar-refractivity contribution in [2.24, 2.45) is 0 Å². The number of hydrogen-bond donors (Lipinski definition) is 0. The maximum atomic E-state index is 11.9. The lowest BCUT2D eigenvalue weighted by atomic mass is 10.1. The van der Waals surface area contributed by atoms with Gasteiger partial charge in [-0.1, -0.05) is 42.0 Å². The molecule has 0 aliphatic heterocycles. The van der Waals surface area contributed by atoms with Gasteiger partial charge in [0.1, 0.15) is 0 Å². The van der Waals surface area contributed by atoms with Crippen LogP contribution in [-0.4, -0.2) is 22.9 Å². The lowest BCUT2D eigenvalue weighted by Gasteiger charge is -2.07. The van der Waals surface area contributed by atoms with Crippen molar-refractivity contribution >= 4 is 16.9 Å². The number of aromatic nitrogens is 2. The molecule has 3 rings (SSSR count). The summed E-state index contributed by atoms with van der Waals surface area (Å²) in [6.07, 6.45) is 1.77. The molecule has 0 aliphatic carbocycles. The van der Waals surface area contributed by atoms with Gasteiger partial charge in [-0.15, -0.1) is 0 Å². The van der Waals surface area contributed by atoms with Gasteiger partial charge in [0.25, 0.3) is 0 Å². The third-order valence-electron chi connectivity index (χ3n) is 3.52. The van der Waals surface area contributed by atoms with Gasteiger partial charge < -0.3 is 4.74 Å². The summed E-state index contributed by atoms with van der Waals surface area (Å²) in [6, 6.07) is 13.8. The molecule has 0 spiro atoms. The van der Waals surface area contributed by atoms with E-state index < -0.39 is 0 Å². The molecule has 0 amide bonds. The van der Waals surface area contributed by atoms with Crippen LogP contribution in [0, 0.1) is 6.92 Å². The number of rotatable bonds is 3. The molecule has 0 atom stereocenters. The Bertz CT molecular complexity index is 788. The van der Waals surface area contributed by atoms with Crippen molar-refractivity contribution in [1.29, 1.82) is 0 Å². The van der Waals surface area contributed by atoms with Crippen LogP contribution in [0.25, 0.3) is 10.9 Å². The van der Waals surface area contributed by atoms with E-state index in [0.29, 0.717) is 12.1 Å². The fourth-order valence-electron chi connectivity index (χ4n) is 2.40.